The molecule has 1 aliphatic heterocycles. The zero-order valence-electron chi connectivity index (χ0n) is 17.9. The van der Waals surface area contributed by atoms with Crippen molar-refractivity contribution in [3.05, 3.63) is 84.6 Å². The Balaban J connectivity index is 1.24. The van der Waals surface area contributed by atoms with E-state index in [0.717, 1.165) is 48.3 Å². The van der Waals surface area contributed by atoms with Crippen molar-refractivity contribution < 1.29 is 9.13 Å². The second-order valence-electron chi connectivity index (χ2n) is 7.94. The first-order valence-corrected chi connectivity index (χ1v) is 10.7. The summed E-state index contributed by atoms with van der Waals surface area (Å²) >= 11 is 0. The third-order valence-corrected chi connectivity index (χ3v) is 5.98. The Morgan fingerprint density at radius 1 is 0.844 bits per heavy atom. The lowest BCUT2D eigenvalue weighted by molar-refractivity contribution is 0.198. The van der Waals surface area contributed by atoms with E-state index >= 15 is 0 Å². The summed E-state index contributed by atoms with van der Waals surface area (Å²) < 4.78 is 19.1. The summed E-state index contributed by atoms with van der Waals surface area (Å²) in [5, 5.41) is 2.13. The average Bonchev–Trinajstić information content (AvgIpc) is 2.84. The minimum absolute atomic E-state index is 0.202. The van der Waals surface area contributed by atoms with Gasteiger partial charge < -0.3 is 9.64 Å². The largest absolute Gasteiger partial charge is 0.420 e. The molecule has 5 rings (SSSR count). The maximum atomic E-state index is 13.2. The van der Waals surface area contributed by atoms with Crippen LogP contribution >= 0.6 is 0 Å². The van der Waals surface area contributed by atoms with Crippen molar-refractivity contribution >= 4 is 16.6 Å². The van der Waals surface area contributed by atoms with Crippen molar-refractivity contribution in [2.75, 3.05) is 31.1 Å². The monoisotopic (exact) mass is 429 g/mol. The number of fused-ring (bicyclic) bond motifs is 1. The number of aromatic nitrogens is 3. The highest BCUT2D eigenvalue weighted by atomic mass is 19.1. The van der Waals surface area contributed by atoms with Gasteiger partial charge in [0.05, 0.1) is 0 Å². The van der Waals surface area contributed by atoms with E-state index in [1.165, 1.54) is 18.5 Å². The molecule has 0 N–H and O–H groups in total. The highest BCUT2D eigenvalue weighted by molar-refractivity contribution is 5.82. The zero-order valence-corrected chi connectivity index (χ0v) is 17.9. The minimum Gasteiger partial charge on any atom is -0.420 e. The molecule has 4 aromatic rings. The van der Waals surface area contributed by atoms with Crippen LogP contribution in [0.2, 0.25) is 0 Å². The third-order valence-electron chi connectivity index (χ3n) is 5.98. The van der Waals surface area contributed by atoms with Gasteiger partial charge in [-0.15, -0.1) is 0 Å². The molecular weight excluding hydrogens is 405 g/mol. The Kier molecular flexibility index (Phi) is 5.64. The number of halogens is 1. The normalized spacial score (nSPS) is 15.6. The van der Waals surface area contributed by atoms with E-state index in [1.807, 2.05) is 48.5 Å². The van der Waals surface area contributed by atoms with E-state index in [2.05, 4.69) is 31.7 Å². The Bertz CT molecular complexity index is 1210. The molecule has 0 spiro atoms. The van der Waals surface area contributed by atoms with E-state index in [0.29, 0.717) is 11.8 Å². The molecule has 0 radical (unpaired) electrons. The molecule has 0 unspecified atom stereocenters. The lowest BCUT2D eigenvalue weighted by Gasteiger charge is -2.38. The number of rotatable bonds is 5. The fraction of sp³-hybridized carbons (Fsp3) is 0.240. The van der Waals surface area contributed by atoms with Gasteiger partial charge in [-0.2, -0.15) is 0 Å². The van der Waals surface area contributed by atoms with Crippen LogP contribution in [-0.4, -0.2) is 46.0 Å². The van der Waals surface area contributed by atoms with E-state index in [4.69, 9.17) is 4.74 Å². The molecule has 3 heterocycles. The number of nitrogens with zero attached hydrogens (tertiary/aromatic N) is 5. The van der Waals surface area contributed by atoms with Crippen LogP contribution in [-0.2, 0) is 0 Å². The van der Waals surface area contributed by atoms with Gasteiger partial charge in [0.2, 0.25) is 11.8 Å². The summed E-state index contributed by atoms with van der Waals surface area (Å²) in [5.74, 6) is 1.61. The SMILES string of the molecule is C[C@@H](c1ccc(F)cc1)N1CCN(c2cc(Oc3cc4ccccc4cn3)ncn2)CC1. The van der Waals surface area contributed by atoms with Gasteiger partial charge in [0.15, 0.2) is 0 Å². The van der Waals surface area contributed by atoms with Gasteiger partial charge in [-0.05, 0) is 30.0 Å². The Morgan fingerprint density at radius 3 is 2.34 bits per heavy atom. The van der Waals surface area contributed by atoms with Crippen molar-refractivity contribution in [3.63, 3.8) is 0 Å². The molecule has 1 atom stereocenters. The molecule has 0 saturated carbocycles. The van der Waals surface area contributed by atoms with Gasteiger partial charge in [0, 0.05) is 55.9 Å². The van der Waals surface area contributed by atoms with Crippen LogP contribution in [0.3, 0.4) is 0 Å². The first-order valence-electron chi connectivity index (χ1n) is 10.7. The fourth-order valence-electron chi connectivity index (χ4n) is 4.08. The standard InChI is InChI=1S/C25H24FN5O/c1-18(19-6-8-22(26)9-7-19)30-10-12-31(13-11-30)23-15-25(29-17-28-23)32-24-14-20-4-2-3-5-21(20)16-27-24/h2-9,14-18H,10-13H2,1H3/t18-/m0/s1. The third kappa shape index (κ3) is 4.38. The first kappa shape index (κ1) is 20.3. The van der Waals surface area contributed by atoms with Gasteiger partial charge in [-0.3, -0.25) is 4.90 Å². The van der Waals surface area contributed by atoms with Crippen LogP contribution in [0.5, 0.6) is 11.8 Å². The molecule has 2 aromatic heterocycles. The number of hydrogen-bond acceptors (Lipinski definition) is 6. The maximum absolute atomic E-state index is 13.2. The number of piperazine rings is 1. The molecule has 1 saturated heterocycles. The van der Waals surface area contributed by atoms with Gasteiger partial charge in [0.1, 0.15) is 18.0 Å². The molecular formula is C25H24FN5O. The van der Waals surface area contributed by atoms with Crippen molar-refractivity contribution in [3.8, 4) is 11.8 Å². The van der Waals surface area contributed by atoms with Crippen LogP contribution in [0, 0.1) is 5.82 Å². The van der Waals surface area contributed by atoms with Crippen molar-refractivity contribution in [2.24, 2.45) is 0 Å². The summed E-state index contributed by atoms with van der Waals surface area (Å²) in [6.07, 6.45) is 3.33. The molecule has 32 heavy (non-hydrogen) atoms. The van der Waals surface area contributed by atoms with Crippen molar-refractivity contribution in [1.82, 2.24) is 19.9 Å². The van der Waals surface area contributed by atoms with Crippen LogP contribution in [0.15, 0.2) is 73.2 Å². The highest BCUT2D eigenvalue weighted by Gasteiger charge is 2.23. The van der Waals surface area contributed by atoms with Crippen LogP contribution in [0.1, 0.15) is 18.5 Å². The Labute approximate surface area is 186 Å². The van der Waals surface area contributed by atoms with E-state index < -0.39 is 0 Å². The molecule has 1 fully saturated rings. The van der Waals surface area contributed by atoms with E-state index in [9.17, 15) is 4.39 Å². The summed E-state index contributed by atoms with van der Waals surface area (Å²) in [6, 6.07) is 18.8. The number of anilines is 1. The van der Waals surface area contributed by atoms with Crippen LogP contribution in [0.25, 0.3) is 10.8 Å². The Morgan fingerprint density at radius 2 is 1.56 bits per heavy atom. The van der Waals surface area contributed by atoms with E-state index in [1.54, 1.807) is 6.20 Å². The van der Waals surface area contributed by atoms with Crippen LogP contribution in [0.4, 0.5) is 10.2 Å². The molecule has 0 bridgehead atoms. The van der Waals surface area contributed by atoms with Gasteiger partial charge in [-0.1, -0.05) is 36.4 Å². The fourth-order valence-corrected chi connectivity index (χ4v) is 4.08. The van der Waals surface area contributed by atoms with Gasteiger partial charge in [-0.25, -0.2) is 19.3 Å². The molecule has 6 nitrogen and oxygen atoms in total. The molecule has 1 aliphatic rings. The smallest absolute Gasteiger partial charge is 0.226 e. The first-order chi connectivity index (χ1) is 15.7. The molecule has 2 aromatic carbocycles. The van der Waals surface area contributed by atoms with Crippen molar-refractivity contribution in [1.29, 1.82) is 0 Å². The molecule has 7 heteroatoms. The lowest BCUT2D eigenvalue weighted by Crippen LogP contribution is -2.47. The topological polar surface area (TPSA) is 54.4 Å². The average molecular weight is 429 g/mol. The predicted octanol–water partition coefficient (Wildman–Crippen LogP) is 4.84. The molecule has 0 aliphatic carbocycles. The maximum Gasteiger partial charge on any atom is 0.226 e. The number of pyridine rings is 1. The summed E-state index contributed by atoms with van der Waals surface area (Å²) in [6.45, 7) is 5.64. The number of ether oxygens (including phenoxy) is 1. The summed E-state index contributed by atoms with van der Waals surface area (Å²) in [5.41, 5.74) is 1.13. The summed E-state index contributed by atoms with van der Waals surface area (Å²) in [7, 11) is 0. The second kappa shape index (κ2) is 8.88. The zero-order chi connectivity index (χ0) is 21.9. The highest BCUT2D eigenvalue weighted by Crippen LogP contribution is 2.26. The van der Waals surface area contributed by atoms with Gasteiger partial charge in [0.25, 0.3) is 0 Å². The van der Waals surface area contributed by atoms with Gasteiger partial charge >= 0.3 is 0 Å². The quantitative estimate of drug-likeness (QED) is 0.453. The van der Waals surface area contributed by atoms with Crippen LogP contribution < -0.4 is 9.64 Å². The lowest BCUT2D eigenvalue weighted by atomic mass is 10.1. The Hall–Kier alpha value is -3.58. The molecule has 0 amide bonds. The van der Waals surface area contributed by atoms with Crippen molar-refractivity contribution in [2.45, 2.75) is 13.0 Å². The summed E-state index contributed by atoms with van der Waals surface area (Å²) in [4.78, 5) is 17.7. The molecule has 162 valence electrons. The van der Waals surface area contributed by atoms with E-state index in [-0.39, 0.29) is 11.9 Å². The predicted molar refractivity (Wildman–Crippen MR) is 122 cm³/mol. The minimum atomic E-state index is -0.202. The number of benzene rings is 2. The second-order valence-corrected chi connectivity index (χ2v) is 7.94. The number of hydrogen-bond donors (Lipinski definition) is 0.